The van der Waals surface area contributed by atoms with Gasteiger partial charge in [-0.2, -0.15) is 0 Å². The lowest BCUT2D eigenvalue weighted by Gasteiger charge is -2.02. The van der Waals surface area contributed by atoms with Crippen molar-refractivity contribution in [1.29, 1.82) is 0 Å². The van der Waals surface area contributed by atoms with Gasteiger partial charge >= 0.3 is 0 Å². The van der Waals surface area contributed by atoms with E-state index in [1.54, 1.807) is 6.08 Å². The van der Waals surface area contributed by atoms with Gasteiger partial charge in [-0.1, -0.05) is 37.3 Å². The molecular weight excluding hydrogens is 174 g/mol. The summed E-state index contributed by atoms with van der Waals surface area (Å²) in [4.78, 5) is 11.7. The molecule has 0 unspecified atom stereocenters. The van der Waals surface area contributed by atoms with Crippen molar-refractivity contribution in [2.45, 2.75) is 13.3 Å². The first kappa shape index (κ1) is 10.5. The van der Waals surface area contributed by atoms with Gasteiger partial charge in [0.05, 0.1) is 0 Å². The highest BCUT2D eigenvalue weighted by Gasteiger charge is 2.01. The van der Waals surface area contributed by atoms with E-state index in [-0.39, 0.29) is 5.78 Å². The van der Waals surface area contributed by atoms with Gasteiger partial charge < -0.3 is 5.32 Å². The molecule has 1 aromatic carbocycles. The fourth-order valence-corrected chi connectivity index (χ4v) is 1.20. The van der Waals surface area contributed by atoms with Crippen molar-refractivity contribution in [3.8, 4) is 0 Å². The van der Waals surface area contributed by atoms with E-state index in [1.165, 1.54) is 0 Å². The van der Waals surface area contributed by atoms with Crippen LogP contribution in [-0.4, -0.2) is 12.8 Å². The van der Waals surface area contributed by atoms with Crippen LogP contribution >= 0.6 is 0 Å². The number of benzene rings is 1. The summed E-state index contributed by atoms with van der Waals surface area (Å²) in [6, 6.07) is 9.28. The molecule has 14 heavy (non-hydrogen) atoms. The summed E-state index contributed by atoms with van der Waals surface area (Å²) in [7, 11) is 1.83. The van der Waals surface area contributed by atoms with Gasteiger partial charge in [-0.3, -0.25) is 4.79 Å². The number of ketones is 1. The number of hydrogen-bond acceptors (Lipinski definition) is 2. The van der Waals surface area contributed by atoms with E-state index in [1.807, 2.05) is 44.3 Å². The fraction of sp³-hybridized carbons (Fsp3) is 0.250. The van der Waals surface area contributed by atoms with Crippen LogP contribution < -0.4 is 5.32 Å². The molecular formula is C12H15NO. The average Bonchev–Trinajstić information content (AvgIpc) is 2.26. The molecule has 0 aliphatic heterocycles. The molecule has 0 bridgehead atoms. The van der Waals surface area contributed by atoms with Crippen molar-refractivity contribution in [2.75, 3.05) is 7.05 Å². The number of allylic oxidation sites excluding steroid dienone is 2. The number of nitrogens with one attached hydrogen (secondary N) is 1. The Bertz CT molecular complexity index is 321. The minimum Gasteiger partial charge on any atom is -0.391 e. The minimum atomic E-state index is 0.0526. The topological polar surface area (TPSA) is 29.1 Å². The molecule has 0 heterocycles. The van der Waals surface area contributed by atoms with Gasteiger partial charge in [0, 0.05) is 24.4 Å². The van der Waals surface area contributed by atoms with Gasteiger partial charge in [-0.05, 0) is 6.42 Å². The SMILES string of the molecule is CCC(=CC(=O)c1ccccc1)NC. The first-order valence-electron chi connectivity index (χ1n) is 4.75. The zero-order valence-corrected chi connectivity index (χ0v) is 8.58. The lowest BCUT2D eigenvalue weighted by molar-refractivity contribution is 0.104. The molecule has 0 amide bonds. The van der Waals surface area contributed by atoms with Crippen LogP contribution in [0.1, 0.15) is 23.7 Å². The van der Waals surface area contributed by atoms with Crippen LogP contribution in [0.2, 0.25) is 0 Å². The van der Waals surface area contributed by atoms with E-state index in [0.29, 0.717) is 0 Å². The quantitative estimate of drug-likeness (QED) is 0.582. The second-order valence-corrected chi connectivity index (χ2v) is 3.00. The third-order valence-corrected chi connectivity index (χ3v) is 2.07. The van der Waals surface area contributed by atoms with Crippen LogP contribution in [0, 0.1) is 0 Å². The predicted molar refractivity (Wildman–Crippen MR) is 58.2 cm³/mol. The highest BCUT2D eigenvalue weighted by molar-refractivity contribution is 6.04. The minimum absolute atomic E-state index is 0.0526. The van der Waals surface area contributed by atoms with Crippen molar-refractivity contribution < 1.29 is 4.79 Å². The lowest BCUT2D eigenvalue weighted by Crippen LogP contribution is -2.07. The van der Waals surface area contributed by atoms with E-state index in [2.05, 4.69) is 5.32 Å². The largest absolute Gasteiger partial charge is 0.391 e. The highest BCUT2D eigenvalue weighted by atomic mass is 16.1. The summed E-state index contributed by atoms with van der Waals surface area (Å²) in [5, 5.41) is 2.99. The molecule has 2 nitrogen and oxygen atoms in total. The number of rotatable bonds is 4. The zero-order chi connectivity index (χ0) is 10.4. The molecule has 1 N–H and O–H groups in total. The van der Waals surface area contributed by atoms with Gasteiger partial charge in [0.15, 0.2) is 5.78 Å². The van der Waals surface area contributed by atoms with Crippen LogP contribution in [0.15, 0.2) is 42.1 Å². The summed E-state index contributed by atoms with van der Waals surface area (Å²) >= 11 is 0. The standard InChI is InChI=1S/C12H15NO/c1-3-11(13-2)9-12(14)10-7-5-4-6-8-10/h4-9,13H,3H2,1-2H3. The van der Waals surface area contributed by atoms with Crippen LogP contribution in [0.3, 0.4) is 0 Å². The van der Waals surface area contributed by atoms with Crippen molar-refractivity contribution in [3.05, 3.63) is 47.7 Å². The first-order chi connectivity index (χ1) is 6.77. The second kappa shape index (κ2) is 5.22. The van der Waals surface area contributed by atoms with Gasteiger partial charge in [-0.15, -0.1) is 0 Å². The zero-order valence-electron chi connectivity index (χ0n) is 8.58. The van der Waals surface area contributed by atoms with Gasteiger partial charge in [0.25, 0.3) is 0 Å². The summed E-state index contributed by atoms with van der Waals surface area (Å²) in [6.45, 7) is 2.01. The molecule has 0 saturated heterocycles. The molecule has 0 aromatic heterocycles. The Hall–Kier alpha value is -1.57. The van der Waals surface area contributed by atoms with E-state index in [4.69, 9.17) is 0 Å². The molecule has 1 aromatic rings. The fourth-order valence-electron chi connectivity index (χ4n) is 1.20. The van der Waals surface area contributed by atoms with Crippen LogP contribution in [0.5, 0.6) is 0 Å². The molecule has 74 valence electrons. The Morgan fingerprint density at radius 1 is 1.36 bits per heavy atom. The lowest BCUT2D eigenvalue weighted by atomic mass is 10.1. The number of carbonyl (C=O) groups excluding carboxylic acids is 1. The van der Waals surface area contributed by atoms with E-state index < -0.39 is 0 Å². The Labute approximate surface area is 84.6 Å². The Morgan fingerprint density at radius 3 is 2.50 bits per heavy atom. The number of hydrogen-bond donors (Lipinski definition) is 1. The molecule has 0 spiro atoms. The molecule has 0 aliphatic rings. The van der Waals surface area contributed by atoms with Crippen LogP contribution in [-0.2, 0) is 0 Å². The summed E-state index contributed by atoms with van der Waals surface area (Å²) in [6.07, 6.45) is 2.49. The maximum absolute atomic E-state index is 11.7. The van der Waals surface area contributed by atoms with Gasteiger partial charge in [0.2, 0.25) is 0 Å². The normalized spacial score (nSPS) is 11.1. The predicted octanol–water partition coefficient (Wildman–Crippen LogP) is 2.38. The molecule has 0 saturated carbocycles. The monoisotopic (exact) mass is 189 g/mol. The maximum Gasteiger partial charge on any atom is 0.187 e. The van der Waals surface area contributed by atoms with Gasteiger partial charge in [0.1, 0.15) is 0 Å². The smallest absolute Gasteiger partial charge is 0.187 e. The number of carbonyl (C=O) groups is 1. The third-order valence-electron chi connectivity index (χ3n) is 2.07. The molecule has 0 radical (unpaired) electrons. The molecule has 2 heteroatoms. The van der Waals surface area contributed by atoms with Crippen molar-refractivity contribution in [3.63, 3.8) is 0 Å². The van der Waals surface area contributed by atoms with Crippen LogP contribution in [0.25, 0.3) is 0 Å². The van der Waals surface area contributed by atoms with E-state index in [9.17, 15) is 4.79 Å². The average molecular weight is 189 g/mol. The second-order valence-electron chi connectivity index (χ2n) is 3.00. The summed E-state index contributed by atoms with van der Waals surface area (Å²) in [5.41, 5.74) is 1.69. The highest BCUT2D eigenvalue weighted by Crippen LogP contribution is 2.03. The summed E-state index contributed by atoms with van der Waals surface area (Å²) in [5.74, 6) is 0.0526. The van der Waals surface area contributed by atoms with Crippen LogP contribution in [0.4, 0.5) is 0 Å². The molecule has 0 fully saturated rings. The molecule has 1 rings (SSSR count). The first-order valence-corrected chi connectivity index (χ1v) is 4.75. The Kier molecular flexibility index (Phi) is 3.92. The molecule has 0 atom stereocenters. The van der Waals surface area contributed by atoms with Gasteiger partial charge in [-0.25, -0.2) is 0 Å². The van der Waals surface area contributed by atoms with E-state index >= 15 is 0 Å². The van der Waals surface area contributed by atoms with Crippen molar-refractivity contribution in [2.24, 2.45) is 0 Å². The third kappa shape index (κ3) is 2.73. The Balaban J connectivity index is 2.82. The van der Waals surface area contributed by atoms with Crippen molar-refractivity contribution in [1.82, 2.24) is 5.32 Å². The molecule has 0 aliphatic carbocycles. The maximum atomic E-state index is 11.7. The Morgan fingerprint density at radius 2 is 2.00 bits per heavy atom. The summed E-state index contributed by atoms with van der Waals surface area (Å²) < 4.78 is 0. The van der Waals surface area contributed by atoms with E-state index in [0.717, 1.165) is 17.7 Å². The van der Waals surface area contributed by atoms with Crippen molar-refractivity contribution >= 4 is 5.78 Å².